The summed E-state index contributed by atoms with van der Waals surface area (Å²) in [6, 6.07) is 0.367. The van der Waals surface area contributed by atoms with Crippen molar-refractivity contribution < 1.29 is 9.53 Å². The Balaban J connectivity index is 2.60. The van der Waals surface area contributed by atoms with E-state index < -0.39 is 0 Å². The molecule has 2 atom stereocenters. The molecule has 0 aromatic carbocycles. The van der Waals surface area contributed by atoms with E-state index in [0.29, 0.717) is 6.04 Å². The van der Waals surface area contributed by atoms with Crippen LogP contribution in [0.2, 0.25) is 0 Å². The molecular formula is C15H25NO2. The molecule has 0 heterocycles. The summed E-state index contributed by atoms with van der Waals surface area (Å²) >= 11 is 0. The van der Waals surface area contributed by atoms with Crippen molar-refractivity contribution in [1.82, 2.24) is 4.90 Å². The first-order valence-electron chi connectivity index (χ1n) is 6.80. The average molecular weight is 251 g/mol. The zero-order valence-corrected chi connectivity index (χ0v) is 12.0. The highest BCUT2D eigenvalue weighted by Gasteiger charge is 2.18. The fourth-order valence-electron chi connectivity index (χ4n) is 2.11. The van der Waals surface area contributed by atoms with E-state index in [9.17, 15) is 4.79 Å². The Bertz CT molecular complexity index is 333. The normalized spacial score (nSPS) is 20.7. The molecule has 0 aromatic heterocycles. The lowest BCUT2D eigenvalue weighted by Gasteiger charge is -2.28. The summed E-state index contributed by atoms with van der Waals surface area (Å²) in [5.41, 5.74) is 1.24. The number of hydrogen-bond donors (Lipinski definition) is 0. The van der Waals surface area contributed by atoms with Gasteiger partial charge in [0.2, 0.25) is 0 Å². The monoisotopic (exact) mass is 251 g/mol. The molecule has 0 fully saturated rings. The smallest absolute Gasteiger partial charge is 0.303 e. The number of ether oxygens (including phenoxy) is 1. The first-order valence-corrected chi connectivity index (χ1v) is 6.80. The fraction of sp³-hybridized carbons (Fsp3) is 0.667. The van der Waals surface area contributed by atoms with Gasteiger partial charge >= 0.3 is 5.97 Å². The van der Waals surface area contributed by atoms with E-state index in [1.807, 2.05) is 0 Å². The van der Waals surface area contributed by atoms with Gasteiger partial charge in [0.05, 0.1) is 0 Å². The van der Waals surface area contributed by atoms with Gasteiger partial charge in [-0.25, -0.2) is 0 Å². The number of hydrogen-bond acceptors (Lipinski definition) is 3. The van der Waals surface area contributed by atoms with Crippen LogP contribution in [-0.2, 0) is 9.53 Å². The number of rotatable bonds is 6. The molecule has 1 aliphatic rings. The zero-order valence-electron chi connectivity index (χ0n) is 12.0. The maximum absolute atomic E-state index is 11.0. The number of likely N-dealkylation sites (N-methyl/N-ethyl adjacent to an activating group) is 1. The molecule has 0 aromatic rings. The third-order valence-corrected chi connectivity index (χ3v) is 3.38. The summed E-state index contributed by atoms with van der Waals surface area (Å²) < 4.78 is 5.25. The molecule has 0 bridgehead atoms. The minimum absolute atomic E-state index is 0.0930. The van der Waals surface area contributed by atoms with Crippen LogP contribution in [0.1, 0.15) is 40.0 Å². The zero-order chi connectivity index (χ0) is 13.5. The number of nitrogens with zero attached hydrogens (tertiary/aromatic N) is 1. The van der Waals surface area contributed by atoms with Crippen molar-refractivity contribution in [3.8, 4) is 0 Å². The van der Waals surface area contributed by atoms with E-state index in [-0.39, 0.29) is 12.1 Å². The molecule has 1 aliphatic carbocycles. The van der Waals surface area contributed by atoms with E-state index in [4.69, 9.17) is 4.74 Å². The molecule has 0 radical (unpaired) electrons. The summed E-state index contributed by atoms with van der Waals surface area (Å²) in [4.78, 5) is 13.3. The molecule has 18 heavy (non-hydrogen) atoms. The minimum Gasteiger partial charge on any atom is -0.458 e. The summed E-state index contributed by atoms with van der Waals surface area (Å²) in [6.45, 7) is 6.96. The first kappa shape index (κ1) is 15.0. The Morgan fingerprint density at radius 1 is 1.61 bits per heavy atom. The van der Waals surface area contributed by atoms with E-state index in [0.717, 1.165) is 13.0 Å². The molecule has 3 nitrogen and oxygen atoms in total. The predicted octanol–water partition coefficient (Wildman–Crippen LogP) is 2.92. The SMILES string of the molecule is CCCCN(C)C(C)C1=CC(OC(C)=O)CC=C1. The van der Waals surface area contributed by atoms with E-state index in [2.05, 4.69) is 44.0 Å². The molecule has 102 valence electrons. The van der Waals surface area contributed by atoms with Crippen LogP contribution in [0.4, 0.5) is 0 Å². The van der Waals surface area contributed by atoms with Crippen LogP contribution in [-0.4, -0.2) is 36.6 Å². The number of carbonyl (C=O) groups excluding carboxylic acids is 1. The number of esters is 1. The van der Waals surface area contributed by atoms with Crippen molar-refractivity contribution in [3.63, 3.8) is 0 Å². The van der Waals surface area contributed by atoms with Crippen molar-refractivity contribution >= 4 is 5.97 Å². The Hall–Kier alpha value is -1.09. The molecule has 2 unspecified atom stereocenters. The van der Waals surface area contributed by atoms with Gasteiger partial charge in [0.25, 0.3) is 0 Å². The van der Waals surface area contributed by atoms with Gasteiger partial charge in [0.1, 0.15) is 6.10 Å². The molecule has 3 heteroatoms. The maximum Gasteiger partial charge on any atom is 0.303 e. The van der Waals surface area contributed by atoms with Crippen molar-refractivity contribution in [2.75, 3.05) is 13.6 Å². The van der Waals surface area contributed by atoms with Crippen molar-refractivity contribution in [3.05, 3.63) is 23.8 Å². The second-order valence-corrected chi connectivity index (χ2v) is 4.96. The summed E-state index contributed by atoms with van der Waals surface area (Å²) in [5, 5.41) is 0. The fourth-order valence-corrected chi connectivity index (χ4v) is 2.11. The Morgan fingerprint density at radius 3 is 2.94 bits per heavy atom. The molecule has 0 N–H and O–H groups in total. The maximum atomic E-state index is 11.0. The molecule has 1 rings (SSSR count). The number of carbonyl (C=O) groups is 1. The van der Waals surface area contributed by atoms with Gasteiger partial charge in [0.15, 0.2) is 0 Å². The van der Waals surface area contributed by atoms with Crippen LogP contribution in [0.5, 0.6) is 0 Å². The molecule has 0 amide bonds. The Labute approximate surface area is 110 Å². The first-order chi connectivity index (χ1) is 8.54. The molecular weight excluding hydrogens is 226 g/mol. The lowest BCUT2D eigenvalue weighted by atomic mass is 9.98. The van der Waals surface area contributed by atoms with E-state index >= 15 is 0 Å². The molecule has 0 saturated heterocycles. The van der Waals surface area contributed by atoms with Gasteiger partial charge in [-0.15, -0.1) is 0 Å². The van der Waals surface area contributed by atoms with Gasteiger partial charge in [0, 0.05) is 19.4 Å². The topological polar surface area (TPSA) is 29.5 Å². The number of unbranched alkanes of at least 4 members (excludes halogenated alkanes) is 1. The minimum atomic E-state index is -0.210. The third kappa shape index (κ3) is 4.65. The van der Waals surface area contributed by atoms with Gasteiger partial charge in [-0.1, -0.05) is 25.5 Å². The Morgan fingerprint density at radius 2 is 2.33 bits per heavy atom. The van der Waals surface area contributed by atoms with E-state index in [1.54, 1.807) is 0 Å². The van der Waals surface area contributed by atoms with Gasteiger partial charge < -0.3 is 4.74 Å². The highest BCUT2D eigenvalue weighted by atomic mass is 16.5. The van der Waals surface area contributed by atoms with E-state index in [1.165, 1.54) is 25.3 Å². The Kier molecular flexibility index (Phi) is 6.13. The third-order valence-electron chi connectivity index (χ3n) is 3.38. The quantitative estimate of drug-likeness (QED) is 0.680. The van der Waals surface area contributed by atoms with Crippen LogP contribution in [0.15, 0.2) is 23.8 Å². The standard InChI is InChI=1S/C15H25NO2/c1-5-6-10-16(4)12(2)14-8-7-9-15(11-14)18-13(3)17/h7-8,11-12,15H,5-6,9-10H2,1-4H3. The second-order valence-electron chi connectivity index (χ2n) is 4.96. The average Bonchev–Trinajstić information content (AvgIpc) is 2.34. The van der Waals surface area contributed by atoms with Gasteiger partial charge in [-0.2, -0.15) is 0 Å². The molecule has 0 aliphatic heterocycles. The van der Waals surface area contributed by atoms with Crippen LogP contribution in [0.25, 0.3) is 0 Å². The van der Waals surface area contributed by atoms with Gasteiger partial charge in [-0.05, 0) is 38.6 Å². The summed E-state index contributed by atoms with van der Waals surface area (Å²) in [7, 11) is 2.14. The van der Waals surface area contributed by atoms with Crippen molar-refractivity contribution in [1.29, 1.82) is 0 Å². The van der Waals surface area contributed by atoms with Crippen molar-refractivity contribution in [2.45, 2.75) is 52.2 Å². The van der Waals surface area contributed by atoms with Crippen LogP contribution in [0, 0.1) is 0 Å². The highest BCUT2D eigenvalue weighted by molar-refractivity contribution is 5.66. The second kappa shape index (κ2) is 7.37. The lowest BCUT2D eigenvalue weighted by Crippen LogP contribution is -2.32. The molecule has 0 saturated carbocycles. The van der Waals surface area contributed by atoms with Crippen LogP contribution < -0.4 is 0 Å². The largest absolute Gasteiger partial charge is 0.458 e. The van der Waals surface area contributed by atoms with Gasteiger partial charge in [-0.3, -0.25) is 9.69 Å². The van der Waals surface area contributed by atoms with Crippen LogP contribution >= 0.6 is 0 Å². The van der Waals surface area contributed by atoms with Crippen molar-refractivity contribution in [2.24, 2.45) is 0 Å². The highest BCUT2D eigenvalue weighted by Crippen LogP contribution is 2.19. The molecule has 0 spiro atoms. The predicted molar refractivity (Wildman–Crippen MR) is 74.4 cm³/mol. The van der Waals surface area contributed by atoms with Crippen LogP contribution in [0.3, 0.4) is 0 Å². The lowest BCUT2D eigenvalue weighted by molar-refractivity contribution is -0.144. The summed E-state index contributed by atoms with van der Waals surface area (Å²) in [5.74, 6) is -0.210. The summed E-state index contributed by atoms with van der Waals surface area (Å²) in [6.07, 6.45) is 9.43.